The topological polar surface area (TPSA) is 55.9 Å². The van der Waals surface area contributed by atoms with Gasteiger partial charge in [0.15, 0.2) is 0 Å². The molecule has 1 aliphatic rings. The number of amides is 2. The van der Waals surface area contributed by atoms with E-state index in [9.17, 15) is 9.59 Å². The van der Waals surface area contributed by atoms with Crippen molar-refractivity contribution in [2.75, 3.05) is 47.8 Å². The average molecular weight is 381 g/mol. The predicted octanol–water partition coefficient (Wildman–Crippen LogP) is 1.61. The first kappa shape index (κ1) is 20.7. The molecule has 1 heterocycles. The molecule has 6 nitrogen and oxygen atoms in total. The summed E-state index contributed by atoms with van der Waals surface area (Å²) in [4.78, 5) is 31.4. The maximum Gasteiger partial charge on any atom is 0.241 e. The lowest BCUT2D eigenvalue weighted by Gasteiger charge is -2.33. The lowest BCUT2D eigenvalue weighted by atomic mass is 10.0. The Morgan fingerprint density at radius 2 is 1.88 bits per heavy atom. The fourth-order valence-electron chi connectivity index (χ4n) is 3.35. The number of nitrogens with one attached hydrogen (secondary N) is 1. The summed E-state index contributed by atoms with van der Waals surface area (Å²) in [7, 11) is 7.44. The number of hydrogen-bond donors (Lipinski definition) is 1. The molecule has 26 heavy (non-hydrogen) atoms. The Labute approximate surface area is 161 Å². The van der Waals surface area contributed by atoms with Crippen molar-refractivity contribution < 1.29 is 9.59 Å². The second-order valence-corrected chi connectivity index (χ2v) is 7.46. The summed E-state index contributed by atoms with van der Waals surface area (Å²) in [5.41, 5.74) is 0.851. The van der Waals surface area contributed by atoms with Crippen molar-refractivity contribution in [2.24, 2.45) is 0 Å². The van der Waals surface area contributed by atoms with Crippen molar-refractivity contribution in [2.45, 2.75) is 24.9 Å². The molecule has 0 spiro atoms. The molecule has 144 valence electrons. The predicted molar refractivity (Wildman–Crippen MR) is 104 cm³/mol. The van der Waals surface area contributed by atoms with Crippen LogP contribution in [0.1, 0.15) is 24.4 Å². The molecule has 7 heteroatoms. The van der Waals surface area contributed by atoms with Gasteiger partial charge in [-0.05, 0) is 44.6 Å². The van der Waals surface area contributed by atoms with Crippen LogP contribution in [-0.4, -0.2) is 80.4 Å². The summed E-state index contributed by atoms with van der Waals surface area (Å²) >= 11 is 5.99. The van der Waals surface area contributed by atoms with Gasteiger partial charge in [-0.3, -0.25) is 14.5 Å². The fraction of sp³-hybridized carbons (Fsp3) is 0.579. The number of likely N-dealkylation sites (N-methyl/N-ethyl adjacent to an activating group) is 3. The van der Waals surface area contributed by atoms with E-state index in [0.717, 1.165) is 31.5 Å². The summed E-state index contributed by atoms with van der Waals surface area (Å²) in [6.45, 7) is 2.20. The molecule has 1 saturated heterocycles. The lowest BCUT2D eigenvalue weighted by molar-refractivity contribution is -0.137. The van der Waals surface area contributed by atoms with Crippen LogP contribution in [0.5, 0.6) is 0 Å². The zero-order valence-corrected chi connectivity index (χ0v) is 16.8. The Hall–Kier alpha value is -1.63. The summed E-state index contributed by atoms with van der Waals surface area (Å²) < 4.78 is 0. The average Bonchev–Trinajstić information content (AvgIpc) is 3.09. The summed E-state index contributed by atoms with van der Waals surface area (Å²) in [6.07, 6.45) is 1.67. The summed E-state index contributed by atoms with van der Waals surface area (Å²) in [5, 5.41) is 3.37. The summed E-state index contributed by atoms with van der Waals surface area (Å²) in [6, 6.07) is 6.51. The van der Waals surface area contributed by atoms with Crippen molar-refractivity contribution in [1.29, 1.82) is 0 Å². The van der Waals surface area contributed by atoms with E-state index in [0.29, 0.717) is 11.6 Å². The fourth-order valence-corrected chi connectivity index (χ4v) is 3.48. The van der Waals surface area contributed by atoms with Gasteiger partial charge in [-0.2, -0.15) is 0 Å². The molecule has 2 rings (SSSR count). The van der Waals surface area contributed by atoms with E-state index < -0.39 is 6.04 Å². The second kappa shape index (κ2) is 9.35. The largest absolute Gasteiger partial charge is 0.358 e. The minimum atomic E-state index is -0.490. The van der Waals surface area contributed by atoms with E-state index in [1.807, 2.05) is 38.2 Å². The van der Waals surface area contributed by atoms with Gasteiger partial charge in [-0.25, -0.2) is 0 Å². The number of nitrogens with zero attached hydrogens (tertiary/aromatic N) is 3. The Balaban J connectivity index is 2.22. The highest BCUT2D eigenvalue weighted by molar-refractivity contribution is 6.30. The van der Waals surface area contributed by atoms with E-state index in [4.69, 9.17) is 11.6 Å². The highest BCUT2D eigenvalue weighted by Gasteiger charge is 2.40. The minimum absolute atomic E-state index is 0.0761. The van der Waals surface area contributed by atoms with Crippen molar-refractivity contribution in [1.82, 2.24) is 20.0 Å². The number of benzene rings is 1. The third kappa shape index (κ3) is 4.96. The number of carbonyl (C=O) groups excluding carboxylic acids is 2. The quantitative estimate of drug-likeness (QED) is 0.780. The Morgan fingerprint density at radius 3 is 2.46 bits per heavy atom. The Kier molecular flexibility index (Phi) is 7.43. The van der Waals surface area contributed by atoms with Crippen LogP contribution in [0, 0.1) is 0 Å². The molecular formula is C19H29ClN4O2. The molecule has 1 aromatic rings. The van der Waals surface area contributed by atoms with E-state index in [2.05, 4.69) is 10.2 Å². The highest BCUT2D eigenvalue weighted by Crippen LogP contribution is 2.31. The zero-order valence-electron chi connectivity index (χ0n) is 16.0. The molecule has 1 aromatic carbocycles. The van der Waals surface area contributed by atoms with Crippen LogP contribution in [0.25, 0.3) is 0 Å². The normalized spacial score (nSPS) is 18.8. The van der Waals surface area contributed by atoms with Crippen LogP contribution in [0.4, 0.5) is 0 Å². The maximum atomic E-state index is 13.0. The van der Waals surface area contributed by atoms with Crippen molar-refractivity contribution in [3.05, 3.63) is 34.9 Å². The Morgan fingerprint density at radius 1 is 1.23 bits per heavy atom. The van der Waals surface area contributed by atoms with Gasteiger partial charge in [0, 0.05) is 38.8 Å². The van der Waals surface area contributed by atoms with Crippen molar-refractivity contribution in [3.8, 4) is 0 Å². The van der Waals surface area contributed by atoms with Crippen LogP contribution in [0.15, 0.2) is 24.3 Å². The molecule has 2 atom stereocenters. The van der Waals surface area contributed by atoms with Crippen LogP contribution in [-0.2, 0) is 9.59 Å². The Bertz CT molecular complexity index is 620. The van der Waals surface area contributed by atoms with Crippen LogP contribution in [0.2, 0.25) is 5.02 Å². The van der Waals surface area contributed by atoms with Crippen LogP contribution in [0.3, 0.4) is 0 Å². The van der Waals surface area contributed by atoms with Gasteiger partial charge >= 0.3 is 0 Å². The van der Waals surface area contributed by atoms with Gasteiger partial charge < -0.3 is 15.1 Å². The second-order valence-electron chi connectivity index (χ2n) is 7.03. The molecule has 0 bridgehead atoms. The smallest absolute Gasteiger partial charge is 0.241 e. The number of halogens is 1. The van der Waals surface area contributed by atoms with E-state index in [-0.39, 0.29) is 17.9 Å². The monoisotopic (exact) mass is 380 g/mol. The van der Waals surface area contributed by atoms with Gasteiger partial charge in [0.2, 0.25) is 11.8 Å². The summed E-state index contributed by atoms with van der Waals surface area (Å²) in [5.74, 6) is -0.0322. The molecule has 0 unspecified atom stereocenters. The van der Waals surface area contributed by atoms with Crippen LogP contribution < -0.4 is 5.32 Å². The maximum absolute atomic E-state index is 13.0. The molecular weight excluding hydrogens is 352 g/mol. The number of rotatable bonds is 7. The van der Waals surface area contributed by atoms with E-state index in [1.54, 1.807) is 24.1 Å². The van der Waals surface area contributed by atoms with Gasteiger partial charge in [-0.15, -0.1) is 0 Å². The first-order valence-electron chi connectivity index (χ1n) is 8.97. The molecule has 0 aromatic heterocycles. The molecule has 0 saturated carbocycles. The molecule has 2 amide bonds. The molecule has 0 radical (unpaired) electrons. The number of hydrogen-bond acceptors (Lipinski definition) is 4. The molecule has 0 aliphatic carbocycles. The first-order chi connectivity index (χ1) is 12.3. The molecule has 1 N–H and O–H groups in total. The highest BCUT2D eigenvalue weighted by atomic mass is 35.5. The first-order valence-corrected chi connectivity index (χ1v) is 9.35. The number of likely N-dealkylation sites (tertiary alicyclic amines) is 1. The van der Waals surface area contributed by atoms with E-state index in [1.165, 1.54) is 0 Å². The molecule has 1 aliphatic heterocycles. The minimum Gasteiger partial charge on any atom is -0.358 e. The SMILES string of the molecule is CNC(=O)[C@@H](c1ccc(Cl)cc1)N1CCC[C@H]1C(=O)N(C)CCN(C)C. The van der Waals surface area contributed by atoms with Crippen molar-refractivity contribution in [3.63, 3.8) is 0 Å². The van der Waals surface area contributed by atoms with Gasteiger partial charge in [0.05, 0.1) is 6.04 Å². The van der Waals surface area contributed by atoms with Crippen LogP contribution >= 0.6 is 11.6 Å². The standard InChI is InChI=1S/C19H29ClN4O2/c1-21-18(25)17(14-7-9-15(20)10-8-14)24-11-5-6-16(24)19(26)23(4)13-12-22(2)3/h7-10,16-17H,5-6,11-13H2,1-4H3,(H,21,25)/t16-,17+/m0/s1. The van der Waals surface area contributed by atoms with Gasteiger partial charge in [-0.1, -0.05) is 23.7 Å². The lowest BCUT2D eigenvalue weighted by Crippen LogP contribution is -2.49. The third-order valence-corrected chi connectivity index (χ3v) is 5.10. The van der Waals surface area contributed by atoms with Crippen molar-refractivity contribution >= 4 is 23.4 Å². The number of carbonyl (C=O) groups is 2. The van der Waals surface area contributed by atoms with Gasteiger partial charge in [0.25, 0.3) is 0 Å². The van der Waals surface area contributed by atoms with E-state index >= 15 is 0 Å². The zero-order chi connectivity index (χ0) is 19.3. The van der Waals surface area contributed by atoms with Gasteiger partial charge in [0.1, 0.15) is 6.04 Å². The molecule has 1 fully saturated rings. The third-order valence-electron chi connectivity index (χ3n) is 4.85.